The van der Waals surface area contributed by atoms with Crippen molar-refractivity contribution in [2.75, 3.05) is 5.32 Å². The van der Waals surface area contributed by atoms with E-state index in [2.05, 4.69) is 15.3 Å². The van der Waals surface area contributed by atoms with Crippen molar-refractivity contribution in [2.45, 2.75) is 20.0 Å². The summed E-state index contributed by atoms with van der Waals surface area (Å²) in [4.78, 5) is 33.1. The van der Waals surface area contributed by atoms with E-state index in [9.17, 15) is 9.59 Å². The van der Waals surface area contributed by atoms with Crippen LogP contribution >= 0.6 is 0 Å². The van der Waals surface area contributed by atoms with Gasteiger partial charge in [-0.1, -0.05) is 42.5 Å². The van der Waals surface area contributed by atoms with Gasteiger partial charge in [0.25, 0.3) is 5.91 Å². The van der Waals surface area contributed by atoms with Gasteiger partial charge in [-0.15, -0.1) is 0 Å². The van der Waals surface area contributed by atoms with Gasteiger partial charge in [-0.25, -0.2) is 9.78 Å². The van der Waals surface area contributed by atoms with E-state index >= 15 is 0 Å². The number of aromatic nitrogens is 2. The maximum Gasteiger partial charge on any atom is 0.359 e. The van der Waals surface area contributed by atoms with E-state index in [1.54, 1.807) is 24.3 Å². The van der Waals surface area contributed by atoms with Crippen LogP contribution in [0.3, 0.4) is 0 Å². The summed E-state index contributed by atoms with van der Waals surface area (Å²) in [6, 6.07) is 14.6. The van der Waals surface area contributed by atoms with Crippen molar-refractivity contribution in [1.29, 1.82) is 0 Å². The number of esters is 1. The predicted molar refractivity (Wildman–Crippen MR) is 101 cm³/mol. The Morgan fingerprint density at radius 3 is 2.52 bits per heavy atom. The Morgan fingerprint density at radius 1 is 1.04 bits per heavy atom. The summed E-state index contributed by atoms with van der Waals surface area (Å²) in [6.45, 7) is 3.84. The predicted octanol–water partition coefficient (Wildman–Crippen LogP) is 3.63. The minimum absolute atomic E-state index is 0.0398. The van der Waals surface area contributed by atoms with Gasteiger partial charge in [0.15, 0.2) is 5.69 Å². The lowest BCUT2D eigenvalue weighted by Gasteiger charge is -2.19. The molecule has 6 heteroatoms. The lowest BCUT2D eigenvalue weighted by molar-refractivity contribution is -0.125. The molecule has 0 saturated carbocycles. The number of nitrogens with one attached hydrogen (secondary N) is 1. The van der Waals surface area contributed by atoms with Gasteiger partial charge in [-0.3, -0.25) is 9.78 Å². The maximum absolute atomic E-state index is 12.9. The summed E-state index contributed by atoms with van der Waals surface area (Å²) in [7, 11) is 0. The Morgan fingerprint density at radius 2 is 1.81 bits per heavy atom. The van der Waals surface area contributed by atoms with E-state index in [1.165, 1.54) is 18.6 Å². The molecule has 0 aliphatic rings. The summed E-state index contributed by atoms with van der Waals surface area (Å²) in [6.07, 6.45) is 3.04. The number of nitrogens with zero attached hydrogens (tertiary/aromatic N) is 2. The first-order valence-corrected chi connectivity index (χ1v) is 8.44. The smallest absolute Gasteiger partial charge is 0.359 e. The van der Waals surface area contributed by atoms with Gasteiger partial charge in [0.2, 0.25) is 6.10 Å². The summed E-state index contributed by atoms with van der Waals surface area (Å²) in [5, 5.41) is 2.85. The van der Waals surface area contributed by atoms with E-state index in [-0.39, 0.29) is 5.69 Å². The van der Waals surface area contributed by atoms with Crippen LogP contribution in [0.15, 0.2) is 67.1 Å². The van der Waals surface area contributed by atoms with Gasteiger partial charge >= 0.3 is 5.97 Å². The number of amides is 1. The molecule has 1 N–H and O–H groups in total. The lowest BCUT2D eigenvalue weighted by atomic mass is 10.1. The number of carbonyl (C=O) groups excluding carboxylic acids is 2. The Balaban J connectivity index is 1.87. The summed E-state index contributed by atoms with van der Waals surface area (Å²) in [5.74, 6) is -1.15. The molecule has 0 unspecified atom stereocenters. The Bertz CT molecular complexity index is 943. The zero-order valence-corrected chi connectivity index (χ0v) is 15.0. The Hall–Kier alpha value is -3.54. The van der Waals surface area contributed by atoms with Crippen LogP contribution in [0.25, 0.3) is 0 Å². The molecule has 0 aliphatic heterocycles. The van der Waals surface area contributed by atoms with Gasteiger partial charge in [-0.2, -0.15) is 0 Å². The molecule has 0 bridgehead atoms. The van der Waals surface area contributed by atoms with Crippen molar-refractivity contribution in [3.8, 4) is 0 Å². The number of hydrogen-bond acceptors (Lipinski definition) is 5. The van der Waals surface area contributed by atoms with Gasteiger partial charge in [-0.05, 0) is 31.0 Å². The monoisotopic (exact) mass is 361 g/mol. The van der Waals surface area contributed by atoms with Crippen LogP contribution in [0.2, 0.25) is 0 Å². The first-order valence-electron chi connectivity index (χ1n) is 8.44. The highest BCUT2D eigenvalue weighted by atomic mass is 16.5. The van der Waals surface area contributed by atoms with E-state index in [0.29, 0.717) is 11.3 Å². The second-order valence-corrected chi connectivity index (χ2v) is 6.09. The molecule has 6 nitrogen and oxygen atoms in total. The van der Waals surface area contributed by atoms with E-state index in [0.717, 1.165) is 11.1 Å². The van der Waals surface area contributed by atoms with Crippen molar-refractivity contribution in [3.05, 3.63) is 89.5 Å². The van der Waals surface area contributed by atoms with Gasteiger partial charge in [0.05, 0.1) is 6.20 Å². The molecule has 0 fully saturated rings. The first-order chi connectivity index (χ1) is 13.0. The lowest BCUT2D eigenvalue weighted by Crippen LogP contribution is -2.26. The topological polar surface area (TPSA) is 81.2 Å². The van der Waals surface area contributed by atoms with Gasteiger partial charge in [0.1, 0.15) is 0 Å². The third kappa shape index (κ3) is 4.55. The first kappa shape index (κ1) is 18.3. The molecule has 1 atom stereocenters. The molecule has 1 amide bonds. The number of anilines is 1. The average molecular weight is 361 g/mol. The van der Waals surface area contributed by atoms with E-state index in [4.69, 9.17) is 4.74 Å². The highest BCUT2D eigenvalue weighted by Crippen LogP contribution is 2.23. The van der Waals surface area contributed by atoms with Crippen LogP contribution in [-0.4, -0.2) is 21.8 Å². The Kier molecular flexibility index (Phi) is 5.56. The molecule has 0 aliphatic carbocycles. The highest BCUT2D eigenvalue weighted by molar-refractivity contribution is 5.98. The SMILES string of the molecule is Cc1ccc(C)c(NC(=O)[C@@H](OC(=O)c2cnccn2)c2ccccc2)c1. The third-order valence-corrected chi connectivity index (χ3v) is 3.99. The fraction of sp³-hybridized carbons (Fsp3) is 0.143. The molecule has 0 spiro atoms. The second-order valence-electron chi connectivity index (χ2n) is 6.09. The van der Waals surface area contributed by atoms with Crippen molar-refractivity contribution in [2.24, 2.45) is 0 Å². The normalized spacial score (nSPS) is 11.5. The second kappa shape index (κ2) is 8.23. The molecule has 2 aromatic carbocycles. The zero-order chi connectivity index (χ0) is 19.2. The standard InChI is InChI=1S/C21H19N3O3/c1-14-8-9-15(2)17(12-14)24-20(25)19(16-6-4-3-5-7-16)27-21(26)18-13-22-10-11-23-18/h3-13,19H,1-2H3,(H,24,25)/t19-/m0/s1. The molecule has 1 heterocycles. The Labute approximate surface area is 157 Å². The zero-order valence-electron chi connectivity index (χ0n) is 15.0. The van der Waals surface area contributed by atoms with Crippen LogP contribution in [0.1, 0.15) is 33.3 Å². The fourth-order valence-electron chi connectivity index (χ4n) is 2.54. The number of benzene rings is 2. The average Bonchev–Trinajstić information content (AvgIpc) is 2.70. The van der Waals surface area contributed by atoms with Crippen LogP contribution in [0, 0.1) is 13.8 Å². The van der Waals surface area contributed by atoms with Crippen LogP contribution in [-0.2, 0) is 9.53 Å². The largest absolute Gasteiger partial charge is 0.443 e. The molecule has 0 saturated heterocycles. The summed E-state index contributed by atoms with van der Waals surface area (Å²) >= 11 is 0. The van der Waals surface area contributed by atoms with Crippen molar-refractivity contribution < 1.29 is 14.3 Å². The number of carbonyl (C=O) groups is 2. The summed E-state index contributed by atoms with van der Waals surface area (Å²) in [5.41, 5.74) is 3.22. The third-order valence-electron chi connectivity index (χ3n) is 3.99. The van der Waals surface area contributed by atoms with Crippen LogP contribution in [0.5, 0.6) is 0 Å². The fourth-order valence-corrected chi connectivity index (χ4v) is 2.54. The van der Waals surface area contributed by atoms with Crippen molar-refractivity contribution in [1.82, 2.24) is 9.97 Å². The van der Waals surface area contributed by atoms with E-state index < -0.39 is 18.0 Å². The minimum atomic E-state index is -1.11. The molecule has 3 aromatic rings. The van der Waals surface area contributed by atoms with Crippen LogP contribution < -0.4 is 5.32 Å². The van der Waals surface area contributed by atoms with Gasteiger partial charge < -0.3 is 10.1 Å². The quantitative estimate of drug-likeness (QED) is 0.702. The molecule has 0 radical (unpaired) electrons. The highest BCUT2D eigenvalue weighted by Gasteiger charge is 2.26. The number of ether oxygens (including phenoxy) is 1. The minimum Gasteiger partial charge on any atom is -0.443 e. The van der Waals surface area contributed by atoms with Crippen molar-refractivity contribution >= 4 is 17.6 Å². The number of aryl methyl sites for hydroxylation is 2. The molecule has 27 heavy (non-hydrogen) atoms. The number of rotatable bonds is 5. The molecule has 1 aromatic heterocycles. The maximum atomic E-state index is 12.9. The number of hydrogen-bond donors (Lipinski definition) is 1. The molecule has 3 rings (SSSR count). The van der Waals surface area contributed by atoms with Gasteiger partial charge in [0, 0.05) is 23.6 Å². The molecular weight excluding hydrogens is 342 g/mol. The molecular formula is C21H19N3O3. The van der Waals surface area contributed by atoms with Crippen LogP contribution in [0.4, 0.5) is 5.69 Å². The molecule has 136 valence electrons. The van der Waals surface area contributed by atoms with E-state index in [1.807, 2.05) is 38.1 Å². The van der Waals surface area contributed by atoms with Crippen molar-refractivity contribution in [3.63, 3.8) is 0 Å². The summed E-state index contributed by atoms with van der Waals surface area (Å²) < 4.78 is 5.47.